The van der Waals surface area contributed by atoms with Gasteiger partial charge in [0.25, 0.3) is 0 Å². The molecule has 0 fully saturated rings. The number of oxazole rings is 1. The minimum absolute atomic E-state index is 0.569. The second-order valence-corrected chi connectivity index (χ2v) is 5.84. The van der Waals surface area contributed by atoms with Crippen LogP contribution in [0.4, 0.5) is 11.7 Å². The van der Waals surface area contributed by atoms with Gasteiger partial charge in [-0.1, -0.05) is 42.5 Å². The molecule has 124 valence electrons. The van der Waals surface area contributed by atoms with Crippen LogP contribution in [-0.4, -0.2) is 15.0 Å². The van der Waals surface area contributed by atoms with E-state index in [2.05, 4.69) is 34.6 Å². The summed E-state index contributed by atoms with van der Waals surface area (Å²) in [5.41, 5.74) is 2.26. The predicted molar refractivity (Wildman–Crippen MR) is 97.8 cm³/mol. The lowest BCUT2D eigenvalue weighted by Gasteiger charge is -2.09. The molecule has 0 atom stereocenters. The highest BCUT2D eigenvalue weighted by Gasteiger charge is 2.09. The third-order valence-electron chi connectivity index (χ3n) is 4.03. The monoisotopic (exact) mass is 330 g/mol. The Balaban J connectivity index is 1.56. The van der Waals surface area contributed by atoms with Crippen molar-refractivity contribution in [3.05, 3.63) is 78.6 Å². The Morgan fingerprint density at radius 2 is 1.72 bits per heavy atom. The van der Waals surface area contributed by atoms with E-state index >= 15 is 0 Å². The van der Waals surface area contributed by atoms with E-state index in [1.54, 1.807) is 6.20 Å². The van der Waals surface area contributed by atoms with E-state index in [0.29, 0.717) is 5.88 Å². The Morgan fingerprint density at radius 1 is 0.880 bits per heavy atom. The van der Waals surface area contributed by atoms with E-state index in [4.69, 9.17) is 14.4 Å². The predicted octanol–water partition coefficient (Wildman–Crippen LogP) is 4.54. The second-order valence-electron chi connectivity index (χ2n) is 5.84. The van der Waals surface area contributed by atoms with Crippen LogP contribution in [0.15, 0.2) is 71.6 Å². The maximum absolute atomic E-state index is 5.28. The van der Waals surface area contributed by atoms with Crippen molar-refractivity contribution in [2.75, 3.05) is 5.32 Å². The normalized spacial score (nSPS) is 10.9. The van der Waals surface area contributed by atoms with Gasteiger partial charge in [0.15, 0.2) is 6.39 Å². The molecule has 2 aromatic heterocycles. The summed E-state index contributed by atoms with van der Waals surface area (Å²) < 4.78 is 5.28. The average Bonchev–Trinajstić information content (AvgIpc) is 3.16. The number of nitrogens with one attached hydrogen (secondary N) is 1. The highest BCUT2D eigenvalue weighted by molar-refractivity contribution is 5.90. The number of rotatable bonds is 6. The molecule has 0 aliphatic carbocycles. The first-order valence-electron chi connectivity index (χ1n) is 8.33. The fourth-order valence-electron chi connectivity index (χ4n) is 2.82. The third-order valence-corrected chi connectivity index (χ3v) is 4.03. The van der Waals surface area contributed by atoms with Crippen LogP contribution in [0.25, 0.3) is 10.9 Å². The molecule has 0 saturated carbocycles. The molecule has 5 nitrogen and oxygen atoms in total. The van der Waals surface area contributed by atoms with Crippen molar-refractivity contribution >= 4 is 22.6 Å². The molecule has 0 amide bonds. The summed E-state index contributed by atoms with van der Waals surface area (Å²) >= 11 is 0. The molecule has 1 N–H and O–H groups in total. The molecule has 0 radical (unpaired) electrons. The Morgan fingerprint density at radius 3 is 2.56 bits per heavy atom. The van der Waals surface area contributed by atoms with Gasteiger partial charge in [0.1, 0.15) is 11.6 Å². The van der Waals surface area contributed by atoms with E-state index in [1.807, 2.05) is 30.3 Å². The number of fused-ring (bicyclic) bond motifs is 1. The van der Waals surface area contributed by atoms with E-state index < -0.39 is 0 Å². The molecule has 0 unspecified atom stereocenters. The van der Waals surface area contributed by atoms with Crippen LogP contribution in [0.5, 0.6) is 0 Å². The molecule has 2 heterocycles. The fourth-order valence-corrected chi connectivity index (χ4v) is 2.82. The van der Waals surface area contributed by atoms with E-state index in [-0.39, 0.29) is 0 Å². The van der Waals surface area contributed by atoms with Crippen molar-refractivity contribution in [3.63, 3.8) is 0 Å². The molecular weight excluding hydrogens is 312 g/mol. The summed E-state index contributed by atoms with van der Waals surface area (Å²) in [6.07, 6.45) is 5.87. The summed E-state index contributed by atoms with van der Waals surface area (Å²) in [5.74, 6) is 2.15. The number of aryl methyl sites for hydroxylation is 2. The lowest BCUT2D eigenvalue weighted by atomic mass is 10.1. The van der Waals surface area contributed by atoms with Gasteiger partial charge in [-0.15, -0.1) is 0 Å². The van der Waals surface area contributed by atoms with E-state index in [0.717, 1.165) is 41.8 Å². The topological polar surface area (TPSA) is 63.8 Å². The zero-order chi connectivity index (χ0) is 16.9. The van der Waals surface area contributed by atoms with Gasteiger partial charge in [-0.05, 0) is 30.5 Å². The SMILES string of the molecule is c1ccc(CCCc2nc(Nc3cnco3)c3ccccc3n2)cc1. The smallest absolute Gasteiger partial charge is 0.218 e. The third kappa shape index (κ3) is 3.66. The quantitative estimate of drug-likeness (QED) is 0.562. The van der Waals surface area contributed by atoms with Gasteiger partial charge in [-0.3, -0.25) is 0 Å². The van der Waals surface area contributed by atoms with Gasteiger partial charge in [0, 0.05) is 11.8 Å². The molecule has 0 aliphatic rings. The van der Waals surface area contributed by atoms with Crippen LogP contribution in [0.2, 0.25) is 0 Å². The van der Waals surface area contributed by atoms with Crippen molar-refractivity contribution in [2.45, 2.75) is 19.3 Å². The lowest BCUT2D eigenvalue weighted by Crippen LogP contribution is -2.02. The van der Waals surface area contributed by atoms with Crippen molar-refractivity contribution < 1.29 is 4.42 Å². The van der Waals surface area contributed by atoms with Crippen LogP contribution in [-0.2, 0) is 12.8 Å². The molecule has 4 rings (SSSR count). The Kier molecular flexibility index (Phi) is 4.37. The van der Waals surface area contributed by atoms with Crippen LogP contribution >= 0.6 is 0 Å². The van der Waals surface area contributed by atoms with Gasteiger partial charge < -0.3 is 9.73 Å². The number of para-hydroxylation sites is 1. The van der Waals surface area contributed by atoms with Gasteiger partial charge >= 0.3 is 0 Å². The largest absolute Gasteiger partial charge is 0.428 e. The van der Waals surface area contributed by atoms with Gasteiger partial charge in [-0.2, -0.15) is 0 Å². The molecule has 5 heteroatoms. The highest BCUT2D eigenvalue weighted by Crippen LogP contribution is 2.24. The Hall–Kier alpha value is -3.21. The van der Waals surface area contributed by atoms with Crippen LogP contribution in [0, 0.1) is 0 Å². The first-order chi connectivity index (χ1) is 12.4. The number of anilines is 2. The summed E-state index contributed by atoms with van der Waals surface area (Å²) in [4.78, 5) is 13.3. The van der Waals surface area contributed by atoms with Crippen molar-refractivity contribution in [1.82, 2.24) is 15.0 Å². The number of nitrogens with zero attached hydrogens (tertiary/aromatic N) is 3. The molecule has 0 bridgehead atoms. The maximum Gasteiger partial charge on any atom is 0.218 e. The van der Waals surface area contributed by atoms with Crippen LogP contribution < -0.4 is 5.32 Å². The summed E-state index contributed by atoms with van der Waals surface area (Å²) in [5, 5.41) is 4.16. The molecule has 0 saturated heterocycles. The molecule has 0 aliphatic heterocycles. The molecule has 25 heavy (non-hydrogen) atoms. The number of hydrogen-bond acceptors (Lipinski definition) is 5. The highest BCUT2D eigenvalue weighted by atomic mass is 16.4. The van der Waals surface area contributed by atoms with Crippen molar-refractivity contribution in [1.29, 1.82) is 0 Å². The summed E-state index contributed by atoms with van der Waals surface area (Å²) in [6, 6.07) is 18.5. The first kappa shape index (κ1) is 15.3. The Bertz CT molecular complexity index is 952. The van der Waals surface area contributed by atoms with E-state index in [1.165, 1.54) is 12.0 Å². The molecular formula is C20H18N4O. The first-order valence-corrected chi connectivity index (χ1v) is 8.33. The number of aromatic nitrogens is 3. The molecule has 4 aromatic rings. The summed E-state index contributed by atoms with van der Waals surface area (Å²) in [6.45, 7) is 0. The van der Waals surface area contributed by atoms with Crippen molar-refractivity contribution in [3.8, 4) is 0 Å². The Labute approximate surface area is 145 Å². The van der Waals surface area contributed by atoms with Crippen LogP contribution in [0.3, 0.4) is 0 Å². The number of benzene rings is 2. The standard InChI is InChI=1S/C20H18N4O/c1-2-7-15(8-3-1)9-6-12-18-22-17-11-5-4-10-16(17)20(23-18)24-19-13-21-14-25-19/h1-5,7-8,10-11,13-14H,6,9,12H2,(H,22,23,24). The van der Waals surface area contributed by atoms with Gasteiger partial charge in [0.2, 0.25) is 5.88 Å². The minimum atomic E-state index is 0.569. The zero-order valence-corrected chi connectivity index (χ0v) is 13.7. The number of hydrogen-bond donors (Lipinski definition) is 1. The maximum atomic E-state index is 5.28. The molecule has 0 spiro atoms. The average molecular weight is 330 g/mol. The second kappa shape index (κ2) is 7.13. The van der Waals surface area contributed by atoms with Gasteiger partial charge in [-0.25, -0.2) is 15.0 Å². The molecule has 2 aromatic carbocycles. The van der Waals surface area contributed by atoms with Crippen molar-refractivity contribution in [2.24, 2.45) is 0 Å². The van der Waals surface area contributed by atoms with Crippen LogP contribution in [0.1, 0.15) is 17.8 Å². The zero-order valence-electron chi connectivity index (χ0n) is 13.7. The van der Waals surface area contributed by atoms with E-state index in [9.17, 15) is 0 Å². The minimum Gasteiger partial charge on any atom is -0.428 e. The van der Waals surface area contributed by atoms with Gasteiger partial charge in [0.05, 0.1) is 11.7 Å². The lowest BCUT2D eigenvalue weighted by molar-refractivity contribution is 0.574. The fraction of sp³-hybridized carbons (Fsp3) is 0.150. The summed E-state index contributed by atoms with van der Waals surface area (Å²) in [7, 11) is 0.